The van der Waals surface area contributed by atoms with Gasteiger partial charge in [0.2, 0.25) is 5.91 Å². The molecule has 0 aliphatic heterocycles. The predicted octanol–water partition coefficient (Wildman–Crippen LogP) is 2.81. The fraction of sp³-hybridized carbons (Fsp3) is 0.182. The number of nitrogens with zero attached hydrogens (tertiary/aromatic N) is 2. The van der Waals surface area contributed by atoms with Gasteiger partial charge in [0.15, 0.2) is 15.0 Å². The number of carbonyl (C=O) groups excluding carboxylic acids is 2. The van der Waals surface area contributed by atoms with Crippen molar-refractivity contribution in [1.82, 2.24) is 10.3 Å². The van der Waals surface area contributed by atoms with Crippen LogP contribution in [0.1, 0.15) is 29.8 Å². The molecule has 2 amide bonds. The largest absolute Gasteiger partial charge is 0.397 e. The van der Waals surface area contributed by atoms with E-state index in [1.807, 2.05) is 0 Å². The van der Waals surface area contributed by atoms with Crippen molar-refractivity contribution < 1.29 is 18.0 Å². The molecule has 0 saturated heterocycles. The minimum atomic E-state index is -3.67. The van der Waals surface area contributed by atoms with Crippen LogP contribution < -0.4 is 16.4 Å². The van der Waals surface area contributed by atoms with Crippen molar-refractivity contribution in [3.8, 4) is 17.3 Å². The van der Waals surface area contributed by atoms with E-state index in [1.54, 1.807) is 29.6 Å². The van der Waals surface area contributed by atoms with Crippen LogP contribution in [0, 0.1) is 11.3 Å². The molecule has 9 nitrogen and oxygen atoms in total. The maximum Gasteiger partial charge on any atom is 0.253 e. The van der Waals surface area contributed by atoms with E-state index in [2.05, 4.69) is 21.7 Å². The van der Waals surface area contributed by atoms with Gasteiger partial charge in [0.05, 0.1) is 45.3 Å². The number of amides is 2. The van der Waals surface area contributed by atoms with Crippen LogP contribution in [0.25, 0.3) is 11.3 Å². The number of nitriles is 1. The van der Waals surface area contributed by atoms with Gasteiger partial charge in [-0.15, -0.1) is 11.3 Å². The van der Waals surface area contributed by atoms with Crippen LogP contribution in [0.15, 0.2) is 52.7 Å². The summed E-state index contributed by atoms with van der Waals surface area (Å²) in [6.07, 6.45) is 0. The lowest BCUT2D eigenvalue weighted by molar-refractivity contribution is -0.115. The number of hydrogen-bond donors (Lipinski definition) is 3. The zero-order valence-electron chi connectivity index (χ0n) is 17.8. The topological polar surface area (TPSA) is 155 Å². The Hall–Kier alpha value is -3.75. The smallest absolute Gasteiger partial charge is 0.253 e. The third kappa shape index (κ3) is 5.36. The summed E-state index contributed by atoms with van der Waals surface area (Å²) in [7, 11) is -3.67. The molecule has 3 rings (SSSR count). The summed E-state index contributed by atoms with van der Waals surface area (Å²) in [6, 6.07) is 13.2. The molecule has 0 spiro atoms. The Labute approximate surface area is 195 Å². The van der Waals surface area contributed by atoms with Crippen molar-refractivity contribution in [2.24, 2.45) is 0 Å². The second-order valence-electron chi connectivity index (χ2n) is 7.27. The second kappa shape index (κ2) is 9.81. The normalized spacial score (nSPS) is 11.1. The van der Waals surface area contributed by atoms with E-state index in [9.17, 15) is 18.0 Å². The molecule has 0 fully saturated rings. The van der Waals surface area contributed by atoms with E-state index >= 15 is 0 Å². The fourth-order valence-electron chi connectivity index (χ4n) is 2.88. The molecule has 0 atom stereocenters. The summed E-state index contributed by atoms with van der Waals surface area (Å²) < 4.78 is 24.9. The third-order valence-electron chi connectivity index (χ3n) is 4.69. The summed E-state index contributed by atoms with van der Waals surface area (Å²) in [5.41, 5.74) is 7.60. The molecule has 1 aromatic heterocycles. The maximum atomic E-state index is 12.5. The molecular weight excluding hydrogens is 462 g/mol. The number of rotatable bonds is 7. The third-order valence-corrected chi connectivity index (χ3v) is 7.65. The number of anilines is 2. The van der Waals surface area contributed by atoms with Crippen LogP contribution in [0.5, 0.6) is 0 Å². The molecule has 4 N–H and O–H groups in total. The number of carbonyl (C=O) groups is 2. The van der Waals surface area contributed by atoms with Crippen LogP contribution in [0.2, 0.25) is 0 Å². The van der Waals surface area contributed by atoms with Crippen LogP contribution >= 0.6 is 11.3 Å². The lowest BCUT2D eigenvalue weighted by Gasteiger charge is -2.13. The summed E-state index contributed by atoms with van der Waals surface area (Å²) in [5.74, 6) is -1.18. The first-order valence-electron chi connectivity index (χ1n) is 9.80. The molecule has 0 aliphatic rings. The molecular formula is C22H21N5O4S2. The van der Waals surface area contributed by atoms with Gasteiger partial charge in [-0.25, -0.2) is 13.4 Å². The summed E-state index contributed by atoms with van der Waals surface area (Å²) in [6.45, 7) is 2.69. The Kier molecular flexibility index (Phi) is 7.10. The Morgan fingerprint density at radius 1 is 1.21 bits per heavy atom. The molecule has 0 saturated carbocycles. The molecule has 11 heteroatoms. The minimum absolute atomic E-state index is 0.0292. The highest BCUT2D eigenvalue weighted by Crippen LogP contribution is 2.27. The van der Waals surface area contributed by atoms with Gasteiger partial charge < -0.3 is 16.4 Å². The van der Waals surface area contributed by atoms with Gasteiger partial charge in [0.25, 0.3) is 5.91 Å². The minimum Gasteiger partial charge on any atom is -0.397 e. The van der Waals surface area contributed by atoms with Crippen LogP contribution in [0.3, 0.4) is 0 Å². The van der Waals surface area contributed by atoms with E-state index in [1.165, 1.54) is 43.4 Å². The summed E-state index contributed by atoms with van der Waals surface area (Å²) in [5, 5.41) is 15.4. The van der Waals surface area contributed by atoms with Gasteiger partial charge in [-0.2, -0.15) is 5.26 Å². The Morgan fingerprint density at radius 2 is 1.94 bits per heavy atom. The number of hydrogen-bond acceptors (Lipinski definition) is 8. The Bertz CT molecular complexity index is 1360. The molecule has 1 heterocycles. The van der Waals surface area contributed by atoms with E-state index in [0.717, 1.165) is 5.56 Å². The van der Waals surface area contributed by atoms with Gasteiger partial charge in [0, 0.05) is 10.9 Å². The lowest BCUT2D eigenvalue weighted by Crippen LogP contribution is -2.33. The Morgan fingerprint density at radius 3 is 2.64 bits per heavy atom. The number of nitrogen functional groups attached to an aromatic ring is 1. The van der Waals surface area contributed by atoms with Gasteiger partial charge in [-0.1, -0.05) is 18.2 Å². The van der Waals surface area contributed by atoms with Gasteiger partial charge in [0.1, 0.15) is 0 Å². The number of nitrogens with two attached hydrogens (primary N) is 1. The highest BCUT2D eigenvalue weighted by Gasteiger charge is 2.25. The van der Waals surface area contributed by atoms with Crippen molar-refractivity contribution in [3.05, 3.63) is 59.0 Å². The molecule has 33 heavy (non-hydrogen) atoms. The molecule has 0 unspecified atom stereocenters. The quantitative estimate of drug-likeness (QED) is 0.436. The van der Waals surface area contributed by atoms with Gasteiger partial charge in [-0.3, -0.25) is 9.59 Å². The number of para-hydroxylation sites is 1. The molecule has 170 valence electrons. The number of thiazole rings is 1. The first kappa shape index (κ1) is 23.9. The van der Waals surface area contributed by atoms with Crippen LogP contribution in [0.4, 0.5) is 10.8 Å². The molecule has 0 radical (unpaired) electrons. The average Bonchev–Trinajstić information content (AvgIpc) is 3.25. The summed E-state index contributed by atoms with van der Waals surface area (Å²) >= 11 is 1.20. The van der Waals surface area contributed by atoms with Crippen LogP contribution in [-0.2, 0) is 14.6 Å². The first-order chi connectivity index (χ1) is 15.6. The van der Waals surface area contributed by atoms with Crippen LogP contribution in [-0.4, -0.2) is 37.0 Å². The molecule has 2 aromatic carbocycles. The van der Waals surface area contributed by atoms with E-state index in [-0.39, 0.29) is 22.7 Å². The monoisotopic (exact) mass is 483 g/mol. The first-order valence-corrected chi connectivity index (χ1v) is 12.2. The van der Waals surface area contributed by atoms with E-state index < -0.39 is 26.9 Å². The van der Waals surface area contributed by atoms with Crippen molar-refractivity contribution in [1.29, 1.82) is 5.26 Å². The highest BCUT2D eigenvalue weighted by molar-refractivity contribution is 7.92. The zero-order valence-corrected chi connectivity index (χ0v) is 19.5. The fourth-order valence-corrected chi connectivity index (χ4v) is 4.80. The zero-order chi connectivity index (χ0) is 24.2. The lowest BCUT2D eigenvalue weighted by atomic mass is 10.1. The Balaban J connectivity index is 1.65. The maximum absolute atomic E-state index is 12.5. The molecule has 0 bridgehead atoms. The number of aromatic nitrogens is 1. The summed E-state index contributed by atoms with van der Waals surface area (Å²) in [4.78, 5) is 29.0. The van der Waals surface area contributed by atoms with Gasteiger partial charge in [-0.05, 0) is 38.1 Å². The standard InChI is InChI=1S/C22H21N5O4S2/c1-13(2)33(30,31)18-8-4-7-16(20(18)24)21(29)25-11-19(28)27-22-26-17(12-32-22)15-6-3-5-14(9-15)10-23/h3-9,12-13H,11,24H2,1-2H3,(H,25,29)(H,26,27,28). The van der Waals surface area contributed by atoms with Crippen molar-refractivity contribution in [2.45, 2.75) is 24.0 Å². The predicted molar refractivity (Wildman–Crippen MR) is 126 cm³/mol. The number of sulfone groups is 1. The second-order valence-corrected chi connectivity index (χ2v) is 10.6. The SMILES string of the molecule is CC(C)S(=O)(=O)c1cccc(C(=O)NCC(=O)Nc2nc(-c3cccc(C#N)c3)cs2)c1N. The number of benzene rings is 2. The molecule has 0 aliphatic carbocycles. The van der Waals surface area contributed by atoms with Gasteiger partial charge >= 0.3 is 0 Å². The molecule has 3 aromatic rings. The van der Waals surface area contributed by atoms with E-state index in [4.69, 9.17) is 11.0 Å². The van der Waals surface area contributed by atoms with Crippen molar-refractivity contribution in [2.75, 3.05) is 17.6 Å². The average molecular weight is 484 g/mol. The number of nitrogens with one attached hydrogen (secondary N) is 2. The van der Waals surface area contributed by atoms with E-state index in [0.29, 0.717) is 16.4 Å². The van der Waals surface area contributed by atoms with Crippen molar-refractivity contribution in [3.63, 3.8) is 0 Å². The van der Waals surface area contributed by atoms with Crippen molar-refractivity contribution >= 4 is 43.8 Å². The highest BCUT2D eigenvalue weighted by atomic mass is 32.2.